The minimum Gasteiger partial charge on any atom is -0.322 e. The first-order chi connectivity index (χ1) is 10.5. The van der Waals surface area contributed by atoms with Crippen LogP contribution in [0.2, 0.25) is 5.02 Å². The third-order valence-corrected chi connectivity index (χ3v) is 3.23. The van der Waals surface area contributed by atoms with Crippen LogP contribution in [0.3, 0.4) is 0 Å². The van der Waals surface area contributed by atoms with Crippen LogP contribution in [0.25, 0.3) is 0 Å². The van der Waals surface area contributed by atoms with Gasteiger partial charge in [-0.15, -0.1) is 0 Å². The van der Waals surface area contributed by atoms with Gasteiger partial charge >= 0.3 is 0 Å². The van der Waals surface area contributed by atoms with Crippen LogP contribution in [0.15, 0.2) is 42.5 Å². The van der Waals surface area contributed by atoms with Crippen LogP contribution < -0.4 is 5.32 Å². The molecular formula is C15H10ClN3O3. The third kappa shape index (κ3) is 3.59. The lowest BCUT2D eigenvalue weighted by Gasteiger charge is -2.07. The van der Waals surface area contributed by atoms with Crippen molar-refractivity contribution < 1.29 is 9.72 Å². The lowest BCUT2D eigenvalue weighted by molar-refractivity contribution is -0.384. The van der Waals surface area contributed by atoms with Crippen molar-refractivity contribution in [1.29, 1.82) is 5.26 Å². The molecule has 6 nitrogen and oxygen atoms in total. The number of benzene rings is 2. The number of non-ortho nitro benzene ring substituents is 1. The van der Waals surface area contributed by atoms with Gasteiger partial charge < -0.3 is 5.32 Å². The quantitative estimate of drug-likeness (QED) is 0.689. The van der Waals surface area contributed by atoms with E-state index in [1.54, 1.807) is 24.3 Å². The summed E-state index contributed by atoms with van der Waals surface area (Å²) >= 11 is 5.91. The molecule has 0 saturated heterocycles. The van der Waals surface area contributed by atoms with Gasteiger partial charge in [-0.2, -0.15) is 5.26 Å². The zero-order valence-corrected chi connectivity index (χ0v) is 12.0. The molecule has 0 heterocycles. The fraction of sp³-hybridized carbons (Fsp3) is 0.0667. The van der Waals surface area contributed by atoms with Gasteiger partial charge in [-0.05, 0) is 23.8 Å². The van der Waals surface area contributed by atoms with Gasteiger partial charge in [-0.25, -0.2) is 0 Å². The Morgan fingerprint density at radius 3 is 2.55 bits per heavy atom. The monoisotopic (exact) mass is 315 g/mol. The maximum atomic E-state index is 12.1. The number of nitrogens with one attached hydrogen (secondary N) is 1. The third-order valence-electron chi connectivity index (χ3n) is 2.90. The van der Waals surface area contributed by atoms with Crippen molar-refractivity contribution in [1.82, 2.24) is 0 Å². The number of halogens is 1. The minimum absolute atomic E-state index is 0.0250. The molecule has 0 atom stereocenters. The summed E-state index contributed by atoms with van der Waals surface area (Å²) < 4.78 is 0. The zero-order valence-electron chi connectivity index (χ0n) is 11.2. The highest BCUT2D eigenvalue weighted by atomic mass is 35.5. The van der Waals surface area contributed by atoms with E-state index in [1.807, 2.05) is 6.07 Å². The molecule has 2 aromatic rings. The molecule has 2 rings (SSSR count). The largest absolute Gasteiger partial charge is 0.322 e. The Morgan fingerprint density at radius 2 is 1.95 bits per heavy atom. The number of nitro groups is 1. The van der Waals surface area contributed by atoms with Crippen molar-refractivity contribution in [3.63, 3.8) is 0 Å². The normalized spacial score (nSPS) is 9.82. The lowest BCUT2D eigenvalue weighted by Crippen LogP contribution is -2.12. The summed E-state index contributed by atoms with van der Waals surface area (Å²) in [4.78, 5) is 22.3. The predicted molar refractivity (Wildman–Crippen MR) is 81.8 cm³/mol. The number of carbonyl (C=O) groups excluding carboxylic acids is 1. The van der Waals surface area contributed by atoms with Crippen LogP contribution in [-0.2, 0) is 6.42 Å². The van der Waals surface area contributed by atoms with Gasteiger partial charge in [0.25, 0.3) is 11.6 Å². The maximum Gasteiger partial charge on any atom is 0.270 e. The van der Waals surface area contributed by atoms with E-state index in [9.17, 15) is 14.9 Å². The van der Waals surface area contributed by atoms with Gasteiger partial charge in [0.15, 0.2) is 0 Å². The molecule has 0 aliphatic rings. The molecule has 0 unspecified atom stereocenters. The van der Waals surface area contributed by atoms with Crippen LogP contribution in [0.4, 0.5) is 11.4 Å². The summed E-state index contributed by atoms with van der Waals surface area (Å²) in [6.07, 6.45) is 0.283. The highest BCUT2D eigenvalue weighted by Gasteiger charge is 2.16. The van der Waals surface area contributed by atoms with Crippen LogP contribution in [0, 0.1) is 21.4 Å². The van der Waals surface area contributed by atoms with Crippen molar-refractivity contribution in [2.45, 2.75) is 6.42 Å². The second-order valence-corrected chi connectivity index (χ2v) is 4.81. The van der Waals surface area contributed by atoms with Crippen molar-refractivity contribution >= 4 is 28.9 Å². The fourth-order valence-electron chi connectivity index (χ4n) is 1.80. The summed E-state index contributed by atoms with van der Waals surface area (Å²) in [6, 6.07) is 12.4. The maximum absolute atomic E-state index is 12.1. The number of nitriles is 1. The topological polar surface area (TPSA) is 96.0 Å². The molecule has 0 bridgehead atoms. The summed E-state index contributed by atoms with van der Waals surface area (Å²) in [5, 5.41) is 22.1. The highest BCUT2D eigenvalue weighted by Crippen LogP contribution is 2.23. The Hall–Kier alpha value is -2.91. The highest BCUT2D eigenvalue weighted by molar-refractivity contribution is 6.34. The fourth-order valence-corrected chi connectivity index (χ4v) is 2.00. The average Bonchev–Trinajstić information content (AvgIpc) is 2.49. The number of amides is 1. The molecule has 0 saturated carbocycles. The van der Waals surface area contributed by atoms with E-state index >= 15 is 0 Å². The first kappa shape index (κ1) is 15.5. The van der Waals surface area contributed by atoms with E-state index in [1.165, 1.54) is 12.1 Å². The number of anilines is 1. The minimum atomic E-state index is -0.593. The molecular weight excluding hydrogens is 306 g/mol. The molecule has 0 aromatic heterocycles. The van der Waals surface area contributed by atoms with E-state index in [4.69, 9.17) is 16.9 Å². The molecule has 1 N–H and O–H groups in total. The SMILES string of the molecule is N#CCc1ccc(NC(=O)c2cc([N+](=O)[O-])ccc2Cl)cc1. The van der Waals surface area contributed by atoms with Crippen molar-refractivity contribution in [2.75, 3.05) is 5.32 Å². The van der Waals surface area contributed by atoms with Crippen molar-refractivity contribution in [2.24, 2.45) is 0 Å². The number of carbonyl (C=O) groups is 1. The summed E-state index contributed by atoms with van der Waals surface area (Å²) in [5.41, 5.74) is 1.15. The molecule has 0 fully saturated rings. The number of hydrogen-bond donors (Lipinski definition) is 1. The standard InChI is InChI=1S/C15H10ClN3O3/c16-14-6-5-12(19(21)22)9-13(14)15(20)18-11-3-1-10(2-4-11)7-8-17/h1-6,9H,7H2,(H,18,20). The van der Waals surface area contributed by atoms with Crippen molar-refractivity contribution in [3.05, 3.63) is 68.7 Å². The van der Waals surface area contributed by atoms with E-state index in [2.05, 4.69) is 5.32 Å². The number of hydrogen-bond acceptors (Lipinski definition) is 4. The average molecular weight is 316 g/mol. The summed E-state index contributed by atoms with van der Waals surface area (Å²) in [6.45, 7) is 0. The number of nitrogens with zero attached hydrogens (tertiary/aromatic N) is 2. The Kier molecular flexibility index (Phi) is 4.71. The van der Waals surface area contributed by atoms with E-state index in [0.29, 0.717) is 5.69 Å². The Bertz CT molecular complexity index is 767. The molecule has 1 amide bonds. The zero-order chi connectivity index (χ0) is 16.1. The van der Waals surface area contributed by atoms with Crippen LogP contribution in [0.1, 0.15) is 15.9 Å². The molecule has 22 heavy (non-hydrogen) atoms. The Morgan fingerprint density at radius 1 is 1.27 bits per heavy atom. The summed E-state index contributed by atoms with van der Waals surface area (Å²) in [7, 11) is 0. The second-order valence-electron chi connectivity index (χ2n) is 4.41. The molecule has 110 valence electrons. The van der Waals surface area contributed by atoms with E-state index in [0.717, 1.165) is 11.6 Å². The molecule has 0 aliphatic heterocycles. The number of nitro benzene ring substituents is 1. The molecule has 2 aromatic carbocycles. The van der Waals surface area contributed by atoms with Gasteiger partial charge in [0.1, 0.15) is 0 Å². The van der Waals surface area contributed by atoms with Gasteiger partial charge in [0.05, 0.1) is 28.0 Å². The smallest absolute Gasteiger partial charge is 0.270 e. The van der Waals surface area contributed by atoms with Gasteiger partial charge in [-0.3, -0.25) is 14.9 Å². The predicted octanol–water partition coefficient (Wildman–Crippen LogP) is 3.57. The summed E-state index contributed by atoms with van der Waals surface area (Å²) in [5.74, 6) is -0.540. The molecule has 7 heteroatoms. The van der Waals surface area contributed by atoms with E-state index in [-0.39, 0.29) is 22.7 Å². The van der Waals surface area contributed by atoms with Crippen molar-refractivity contribution in [3.8, 4) is 6.07 Å². The molecule has 0 spiro atoms. The Balaban J connectivity index is 2.20. The van der Waals surface area contributed by atoms with Gasteiger partial charge in [0, 0.05) is 17.8 Å². The van der Waals surface area contributed by atoms with Gasteiger partial charge in [0.2, 0.25) is 0 Å². The first-order valence-corrected chi connectivity index (χ1v) is 6.60. The van der Waals surface area contributed by atoms with E-state index < -0.39 is 10.8 Å². The van der Waals surface area contributed by atoms with Crippen LogP contribution >= 0.6 is 11.6 Å². The lowest BCUT2D eigenvalue weighted by atomic mass is 10.1. The molecule has 0 aliphatic carbocycles. The van der Waals surface area contributed by atoms with Gasteiger partial charge in [-0.1, -0.05) is 23.7 Å². The van der Waals surface area contributed by atoms with Crippen LogP contribution in [0.5, 0.6) is 0 Å². The molecule has 0 radical (unpaired) electrons. The Labute approximate surface area is 131 Å². The first-order valence-electron chi connectivity index (χ1n) is 6.22. The number of rotatable bonds is 4. The second kappa shape index (κ2) is 6.70. The van der Waals surface area contributed by atoms with Crippen LogP contribution in [-0.4, -0.2) is 10.8 Å².